The van der Waals surface area contributed by atoms with Gasteiger partial charge in [-0.05, 0) is 50.5 Å². The van der Waals surface area contributed by atoms with Crippen LogP contribution < -0.4 is 10.1 Å². The smallest absolute Gasteiger partial charge is 0.412 e. The van der Waals surface area contributed by atoms with E-state index in [1.807, 2.05) is 63.2 Å². The minimum Gasteiger partial charge on any atom is -0.494 e. The summed E-state index contributed by atoms with van der Waals surface area (Å²) in [5, 5.41) is 2.74. The summed E-state index contributed by atoms with van der Waals surface area (Å²) < 4.78 is 16.4. The van der Waals surface area contributed by atoms with Crippen LogP contribution in [-0.4, -0.2) is 52.9 Å². The SMILES string of the molecule is COc1c(NC(=O)OCc2ccccc2)cccc1-c1ncc(C2=CCN(C(=O)OC(C)(C)C)CC2)cn1. The van der Waals surface area contributed by atoms with Crippen molar-refractivity contribution in [2.75, 3.05) is 25.5 Å². The summed E-state index contributed by atoms with van der Waals surface area (Å²) in [7, 11) is 1.52. The Morgan fingerprint density at radius 1 is 1.03 bits per heavy atom. The second-order valence-electron chi connectivity index (χ2n) is 9.77. The Morgan fingerprint density at radius 3 is 2.39 bits per heavy atom. The molecule has 2 heterocycles. The molecule has 1 N–H and O–H groups in total. The lowest BCUT2D eigenvalue weighted by molar-refractivity contribution is 0.0270. The molecule has 0 saturated carbocycles. The van der Waals surface area contributed by atoms with Crippen molar-refractivity contribution >= 4 is 23.4 Å². The summed E-state index contributed by atoms with van der Waals surface area (Å²) in [4.78, 5) is 35.5. The van der Waals surface area contributed by atoms with Crippen molar-refractivity contribution in [3.05, 3.63) is 78.1 Å². The molecular weight excluding hydrogens is 484 g/mol. The van der Waals surface area contributed by atoms with Crippen molar-refractivity contribution in [2.24, 2.45) is 0 Å². The number of anilines is 1. The molecule has 0 unspecified atom stereocenters. The third-order valence-corrected chi connectivity index (χ3v) is 5.79. The summed E-state index contributed by atoms with van der Waals surface area (Å²) in [6.07, 6.45) is 5.28. The van der Waals surface area contributed by atoms with Crippen LogP contribution in [0.5, 0.6) is 5.75 Å². The van der Waals surface area contributed by atoms with Crippen molar-refractivity contribution in [1.82, 2.24) is 14.9 Å². The van der Waals surface area contributed by atoms with Gasteiger partial charge in [-0.3, -0.25) is 5.32 Å². The van der Waals surface area contributed by atoms with Gasteiger partial charge in [-0.15, -0.1) is 0 Å². The summed E-state index contributed by atoms with van der Waals surface area (Å²) in [5.41, 5.74) is 3.40. The highest BCUT2D eigenvalue weighted by molar-refractivity contribution is 5.89. The van der Waals surface area contributed by atoms with Crippen LogP contribution in [0.1, 0.15) is 38.3 Å². The number of hydrogen-bond acceptors (Lipinski definition) is 7. The second-order valence-corrected chi connectivity index (χ2v) is 9.77. The van der Waals surface area contributed by atoms with Gasteiger partial charge in [0.2, 0.25) is 0 Å². The van der Waals surface area contributed by atoms with Crippen LogP contribution >= 0.6 is 0 Å². The first kappa shape index (κ1) is 26.7. The van der Waals surface area contributed by atoms with Gasteiger partial charge in [-0.25, -0.2) is 19.6 Å². The van der Waals surface area contributed by atoms with E-state index in [1.165, 1.54) is 7.11 Å². The highest BCUT2D eigenvalue weighted by atomic mass is 16.6. The van der Waals surface area contributed by atoms with Gasteiger partial charge < -0.3 is 19.1 Å². The number of rotatable bonds is 6. The number of carbonyl (C=O) groups excluding carboxylic acids is 2. The van der Waals surface area contributed by atoms with Crippen LogP contribution in [0.25, 0.3) is 17.0 Å². The highest BCUT2D eigenvalue weighted by Crippen LogP contribution is 2.35. The number of hydrogen-bond donors (Lipinski definition) is 1. The molecular formula is C29H32N4O5. The van der Waals surface area contributed by atoms with Crippen LogP contribution in [0.15, 0.2) is 67.0 Å². The van der Waals surface area contributed by atoms with Gasteiger partial charge in [0.1, 0.15) is 12.2 Å². The van der Waals surface area contributed by atoms with E-state index in [2.05, 4.69) is 15.3 Å². The fourth-order valence-corrected chi connectivity index (χ4v) is 3.96. The fourth-order valence-electron chi connectivity index (χ4n) is 3.96. The van der Waals surface area contributed by atoms with Crippen molar-refractivity contribution < 1.29 is 23.8 Å². The molecule has 0 bridgehead atoms. The van der Waals surface area contributed by atoms with E-state index >= 15 is 0 Å². The monoisotopic (exact) mass is 516 g/mol. The van der Waals surface area contributed by atoms with E-state index in [1.54, 1.807) is 29.4 Å². The molecule has 0 fully saturated rings. The Balaban J connectivity index is 1.43. The third-order valence-electron chi connectivity index (χ3n) is 5.79. The lowest BCUT2D eigenvalue weighted by Gasteiger charge is -2.29. The van der Waals surface area contributed by atoms with Gasteiger partial charge in [-0.2, -0.15) is 0 Å². The van der Waals surface area contributed by atoms with Gasteiger partial charge in [0.05, 0.1) is 18.4 Å². The number of para-hydroxylation sites is 1. The Labute approximate surface area is 222 Å². The second kappa shape index (κ2) is 11.8. The molecule has 0 atom stereocenters. The molecule has 0 radical (unpaired) electrons. The molecule has 0 spiro atoms. The summed E-state index contributed by atoms with van der Waals surface area (Å²) in [6.45, 7) is 6.75. The highest BCUT2D eigenvalue weighted by Gasteiger charge is 2.24. The Hall–Kier alpha value is -4.40. The maximum absolute atomic E-state index is 12.4. The van der Waals surface area contributed by atoms with Crippen molar-refractivity contribution in [3.8, 4) is 17.1 Å². The van der Waals surface area contributed by atoms with E-state index in [0.29, 0.717) is 42.3 Å². The fraction of sp³-hybridized carbons (Fsp3) is 0.310. The number of carbonyl (C=O) groups is 2. The Kier molecular flexibility index (Phi) is 8.25. The lowest BCUT2D eigenvalue weighted by Crippen LogP contribution is -2.39. The number of nitrogens with one attached hydrogen (secondary N) is 1. The number of ether oxygens (including phenoxy) is 3. The molecule has 2 amide bonds. The maximum Gasteiger partial charge on any atom is 0.412 e. The molecule has 1 aromatic heterocycles. The van der Waals surface area contributed by atoms with Crippen LogP contribution in [0, 0.1) is 0 Å². The maximum atomic E-state index is 12.4. The van der Waals surface area contributed by atoms with Crippen molar-refractivity contribution in [3.63, 3.8) is 0 Å². The molecule has 9 heteroatoms. The molecule has 4 rings (SSSR count). The Morgan fingerprint density at radius 2 is 1.76 bits per heavy atom. The largest absolute Gasteiger partial charge is 0.494 e. The summed E-state index contributed by atoms with van der Waals surface area (Å²) in [5.74, 6) is 0.889. The first-order valence-corrected chi connectivity index (χ1v) is 12.4. The van der Waals surface area contributed by atoms with Crippen LogP contribution in [0.2, 0.25) is 0 Å². The van der Waals surface area contributed by atoms with Crippen LogP contribution in [-0.2, 0) is 16.1 Å². The molecule has 1 aliphatic rings. The first-order valence-electron chi connectivity index (χ1n) is 12.4. The lowest BCUT2D eigenvalue weighted by atomic mass is 10.0. The van der Waals surface area contributed by atoms with Gasteiger partial charge in [0.25, 0.3) is 0 Å². The zero-order valence-corrected chi connectivity index (χ0v) is 22.1. The van der Waals surface area contributed by atoms with Gasteiger partial charge >= 0.3 is 12.2 Å². The van der Waals surface area contributed by atoms with Gasteiger partial charge in [0.15, 0.2) is 11.6 Å². The number of benzene rings is 2. The minimum atomic E-state index is -0.592. The number of amides is 2. The van der Waals surface area contributed by atoms with E-state index in [0.717, 1.165) is 16.7 Å². The Bertz CT molecular complexity index is 1300. The van der Waals surface area contributed by atoms with Gasteiger partial charge in [-0.1, -0.05) is 42.5 Å². The molecule has 2 aromatic carbocycles. The zero-order valence-electron chi connectivity index (χ0n) is 22.1. The topological polar surface area (TPSA) is 103 Å². The predicted octanol–water partition coefficient (Wildman–Crippen LogP) is 5.93. The van der Waals surface area contributed by atoms with Crippen molar-refractivity contribution in [2.45, 2.75) is 39.4 Å². The summed E-state index contributed by atoms with van der Waals surface area (Å²) >= 11 is 0. The molecule has 3 aromatic rings. The molecule has 1 aliphatic heterocycles. The molecule has 198 valence electrons. The van der Waals surface area contributed by atoms with E-state index in [9.17, 15) is 9.59 Å². The molecule has 38 heavy (non-hydrogen) atoms. The number of nitrogens with zero attached hydrogens (tertiary/aromatic N) is 3. The number of aromatic nitrogens is 2. The number of methoxy groups -OCH3 is 1. The third kappa shape index (κ3) is 6.88. The van der Waals surface area contributed by atoms with Crippen LogP contribution in [0.4, 0.5) is 15.3 Å². The van der Waals surface area contributed by atoms with E-state index < -0.39 is 11.7 Å². The summed E-state index contributed by atoms with van der Waals surface area (Å²) in [6, 6.07) is 14.8. The quantitative estimate of drug-likeness (QED) is 0.433. The average molecular weight is 517 g/mol. The normalized spacial score (nSPS) is 13.4. The standard InChI is InChI=1S/C29H32N4O5/c1-29(2,3)38-28(35)33-15-13-21(14-16-33)22-17-30-26(31-18-22)23-11-8-12-24(25(23)36-4)32-27(34)37-19-20-9-6-5-7-10-20/h5-13,17-18H,14-16,19H2,1-4H3,(H,32,34). The zero-order chi connectivity index (χ0) is 27.1. The van der Waals surface area contributed by atoms with E-state index in [4.69, 9.17) is 14.2 Å². The predicted molar refractivity (Wildman–Crippen MR) is 145 cm³/mol. The van der Waals surface area contributed by atoms with Crippen LogP contribution in [0.3, 0.4) is 0 Å². The molecule has 9 nitrogen and oxygen atoms in total. The van der Waals surface area contributed by atoms with Crippen molar-refractivity contribution in [1.29, 1.82) is 0 Å². The first-order chi connectivity index (χ1) is 18.2. The molecule has 0 aliphatic carbocycles. The van der Waals surface area contributed by atoms with E-state index in [-0.39, 0.29) is 12.7 Å². The average Bonchev–Trinajstić information content (AvgIpc) is 2.91. The molecule has 0 saturated heterocycles. The minimum absolute atomic E-state index is 0.157. The van der Waals surface area contributed by atoms with Gasteiger partial charge in [0, 0.05) is 31.0 Å².